The third-order valence-corrected chi connectivity index (χ3v) is 1.60. The summed E-state index contributed by atoms with van der Waals surface area (Å²) in [6.07, 6.45) is 7.04. The topological polar surface area (TPSA) is 87.7 Å². The van der Waals surface area contributed by atoms with Crippen molar-refractivity contribution in [3.05, 3.63) is 30.5 Å². The van der Waals surface area contributed by atoms with E-state index in [1.165, 1.54) is 0 Å². The first-order valence-electron chi connectivity index (χ1n) is 3.38. The smallest absolute Gasteiger partial charge is 0.155 e. The minimum absolute atomic E-state index is 0. The van der Waals surface area contributed by atoms with Crippen LogP contribution in [-0.2, 0) is 6.54 Å². The second-order valence-electron chi connectivity index (χ2n) is 2.26. The Morgan fingerprint density at radius 3 is 2.64 bits per heavy atom. The Balaban J connectivity index is 0. The molecule has 0 saturated heterocycles. The Bertz CT molecular complexity index is 378. The number of hydrogen-bond acceptors (Lipinski definition) is 3. The number of aromatic nitrogens is 3. The largest absolute Gasteiger partial charge is 0.412 e. The van der Waals surface area contributed by atoms with Crippen LogP contribution < -0.4 is 5.73 Å². The predicted molar refractivity (Wildman–Crippen MR) is 59.0 cm³/mol. The Labute approximate surface area is 93.5 Å². The zero-order valence-electron chi connectivity index (χ0n) is 7.25. The normalized spacial score (nSPS) is 8.36. The van der Waals surface area contributed by atoms with Gasteiger partial charge in [0.1, 0.15) is 0 Å². The van der Waals surface area contributed by atoms with Crippen LogP contribution in [0.3, 0.4) is 0 Å². The average Bonchev–Trinajstić information content (AvgIpc) is 2.47. The summed E-state index contributed by atoms with van der Waals surface area (Å²) in [4.78, 5) is 8.05. The Kier molecular flexibility index (Phi) is 7.30. The maximum Gasteiger partial charge on any atom is 0.155 e. The highest BCUT2D eigenvalue weighted by Crippen LogP contribution is 2.02. The molecular weight excluding hydrogens is 227 g/mol. The minimum atomic E-state index is 0. The van der Waals surface area contributed by atoms with Gasteiger partial charge >= 0.3 is 0 Å². The van der Waals surface area contributed by atoms with Crippen molar-refractivity contribution < 1.29 is 5.48 Å². The summed E-state index contributed by atoms with van der Waals surface area (Å²) in [5.41, 5.74) is 7.32. The molecule has 0 fully saturated rings. The molecular formula is C7H12Cl2N4O. The van der Waals surface area contributed by atoms with Crippen molar-refractivity contribution in [2.24, 2.45) is 5.73 Å². The Morgan fingerprint density at radius 1 is 1.29 bits per heavy atom. The fourth-order valence-corrected chi connectivity index (χ4v) is 1.05. The van der Waals surface area contributed by atoms with Gasteiger partial charge in [-0.05, 0) is 0 Å². The van der Waals surface area contributed by atoms with Crippen molar-refractivity contribution in [3.8, 4) is 0 Å². The van der Waals surface area contributed by atoms with E-state index in [9.17, 15) is 0 Å². The molecule has 80 valence electrons. The van der Waals surface area contributed by atoms with Crippen LogP contribution in [0.15, 0.2) is 24.8 Å². The summed E-state index contributed by atoms with van der Waals surface area (Å²) in [6, 6.07) is 0. The molecule has 0 radical (unpaired) electrons. The molecule has 0 atom stereocenters. The van der Waals surface area contributed by atoms with Gasteiger partial charge in [0.15, 0.2) is 5.65 Å². The van der Waals surface area contributed by atoms with E-state index < -0.39 is 0 Å². The number of fused-ring (bicyclic) bond motifs is 1. The van der Waals surface area contributed by atoms with E-state index in [1.807, 2.05) is 10.6 Å². The predicted octanol–water partition coefficient (Wildman–Crippen LogP) is 0.207. The fourth-order valence-electron chi connectivity index (χ4n) is 1.05. The van der Waals surface area contributed by atoms with Gasteiger partial charge in [0.05, 0.1) is 18.1 Å². The standard InChI is InChI=1S/C7H8N4.2ClH.H2O/c8-3-6-4-10-7-5-9-1-2-11(6)7;;;/h1-2,4-5H,3,8H2;2*1H;1H2. The summed E-state index contributed by atoms with van der Waals surface area (Å²) >= 11 is 0. The zero-order valence-corrected chi connectivity index (χ0v) is 8.88. The van der Waals surface area contributed by atoms with Crippen LogP contribution in [0, 0.1) is 0 Å². The molecule has 0 spiro atoms. The van der Waals surface area contributed by atoms with Crippen molar-refractivity contribution >= 4 is 30.5 Å². The third kappa shape index (κ3) is 2.55. The summed E-state index contributed by atoms with van der Waals surface area (Å²) in [5, 5.41) is 0. The van der Waals surface area contributed by atoms with Gasteiger partial charge in [0, 0.05) is 18.9 Å². The maximum atomic E-state index is 5.48. The van der Waals surface area contributed by atoms with Crippen molar-refractivity contribution in [3.63, 3.8) is 0 Å². The second-order valence-corrected chi connectivity index (χ2v) is 2.26. The highest BCUT2D eigenvalue weighted by atomic mass is 35.5. The number of imidazole rings is 1. The molecule has 0 aromatic carbocycles. The van der Waals surface area contributed by atoms with Crippen LogP contribution in [0.5, 0.6) is 0 Å². The molecule has 2 heterocycles. The van der Waals surface area contributed by atoms with Gasteiger partial charge in [0.25, 0.3) is 0 Å². The number of nitrogens with zero attached hydrogens (tertiary/aromatic N) is 3. The van der Waals surface area contributed by atoms with Gasteiger partial charge < -0.3 is 11.2 Å². The van der Waals surface area contributed by atoms with Crippen LogP contribution in [0.25, 0.3) is 5.65 Å². The Hall–Kier alpha value is -0.880. The van der Waals surface area contributed by atoms with Gasteiger partial charge in [-0.25, -0.2) is 4.98 Å². The zero-order chi connectivity index (χ0) is 7.68. The van der Waals surface area contributed by atoms with E-state index >= 15 is 0 Å². The summed E-state index contributed by atoms with van der Waals surface area (Å²) < 4.78 is 1.92. The fraction of sp³-hybridized carbons (Fsp3) is 0.143. The highest BCUT2D eigenvalue weighted by molar-refractivity contribution is 5.85. The summed E-state index contributed by atoms with van der Waals surface area (Å²) in [6.45, 7) is 0.505. The van der Waals surface area contributed by atoms with Gasteiger partial charge in [-0.2, -0.15) is 0 Å². The van der Waals surface area contributed by atoms with Crippen molar-refractivity contribution in [1.29, 1.82) is 0 Å². The van der Waals surface area contributed by atoms with Gasteiger partial charge in [-0.15, -0.1) is 24.8 Å². The first-order valence-corrected chi connectivity index (χ1v) is 3.38. The third-order valence-electron chi connectivity index (χ3n) is 1.60. The number of rotatable bonds is 1. The molecule has 0 aliphatic carbocycles. The van der Waals surface area contributed by atoms with E-state index in [0.717, 1.165) is 11.3 Å². The van der Waals surface area contributed by atoms with E-state index in [0.29, 0.717) is 6.54 Å². The number of hydrogen-bond donors (Lipinski definition) is 1. The van der Waals surface area contributed by atoms with E-state index in [2.05, 4.69) is 9.97 Å². The minimum Gasteiger partial charge on any atom is -0.412 e. The van der Waals surface area contributed by atoms with Gasteiger partial charge in [0.2, 0.25) is 0 Å². The molecule has 4 N–H and O–H groups in total. The first kappa shape index (κ1) is 15.6. The molecule has 5 nitrogen and oxygen atoms in total. The van der Waals surface area contributed by atoms with Crippen molar-refractivity contribution in [2.75, 3.05) is 0 Å². The lowest BCUT2D eigenvalue weighted by Gasteiger charge is -1.94. The first-order chi connectivity index (χ1) is 5.42. The lowest BCUT2D eigenvalue weighted by Crippen LogP contribution is -2.00. The SMILES string of the molecule is Cl.Cl.NCc1cnc2cnccn12.O. The molecule has 0 bridgehead atoms. The molecule has 7 heteroatoms. The molecule has 2 rings (SSSR count). The van der Waals surface area contributed by atoms with Crippen LogP contribution in [0.2, 0.25) is 0 Å². The summed E-state index contributed by atoms with van der Waals surface area (Å²) in [7, 11) is 0. The molecule has 0 amide bonds. The van der Waals surface area contributed by atoms with Crippen LogP contribution in [0.4, 0.5) is 0 Å². The highest BCUT2D eigenvalue weighted by Gasteiger charge is 1.98. The molecule has 0 aliphatic rings. The number of nitrogens with two attached hydrogens (primary N) is 1. The maximum absolute atomic E-state index is 5.48. The van der Waals surface area contributed by atoms with E-state index in [1.54, 1.807) is 18.6 Å². The van der Waals surface area contributed by atoms with Crippen LogP contribution in [-0.4, -0.2) is 19.8 Å². The quantitative estimate of drug-likeness (QED) is 0.771. The van der Waals surface area contributed by atoms with E-state index in [4.69, 9.17) is 5.73 Å². The van der Waals surface area contributed by atoms with Crippen molar-refractivity contribution in [2.45, 2.75) is 6.54 Å². The van der Waals surface area contributed by atoms with E-state index in [-0.39, 0.29) is 30.3 Å². The number of halogens is 2. The monoisotopic (exact) mass is 238 g/mol. The molecule has 0 unspecified atom stereocenters. The van der Waals surface area contributed by atoms with Crippen LogP contribution in [0.1, 0.15) is 5.69 Å². The summed E-state index contributed by atoms with van der Waals surface area (Å²) in [5.74, 6) is 0. The molecule has 0 aliphatic heterocycles. The average molecular weight is 239 g/mol. The van der Waals surface area contributed by atoms with Gasteiger partial charge in [-0.3, -0.25) is 9.38 Å². The molecule has 14 heavy (non-hydrogen) atoms. The van der Waals surface area contributed by atoms with Crippen LogP contribution >= 0.6 is 24.8 Å². The van der Waals surface area contributed by atoms with Crippen molar-refractivity contribution in [1.82, 2.24) is 14.4 Å². The molecule has 2 aromatic rings. The van der Waals surface area contributed by atoms with Gasteiger partial charge in [-0.1, -0.05) is 0 Å². The Morgan fingerprint density at radius 2 is 2.00 bits per heavy atom. The molecule has 2 aromatic heterocycles. The lowest BCUT2D eigenvalue weighted by atomic mass is 10.5. The lowest BCUT2D eigenvalue weighted by molar-refractivity contribution is 0.824. The second kappa shape index (κ2) is 6.56. The molecule has 0 saturated carbocycles.